The quantitative estimate of drug-likeness (QED) is 0.275. The zero-order chi connectivity index (χ0) is 18.9. The van der Waals surface area contributed by atoms with Gasteiger partial charge in [0.05, 0.1) is 13.2 Å². The number of allylic oxidation sites excluding steroid dienone is 1. The topological polar surface area (TPSA) is 62.1 Å². The minimum Gasteiger partial charge on any atom is -0.478 e. The molecule has 0 spiro atoms. The van der Waals surface area contributed by atoms with E-state index in [9.17, 15) is 10.2 Å². The molecule has 0 aromatic heterocycles. The van der Waals surface area contributed by atoms with Gasteiger partial charge in [-0.2, -0.15) is 0 Å². The molecule has 1 heterocycles. The van der Waals surface area contributed by atoms with Crippen molar-refractivity contribution in [2.75, 3.05) is 19.8 Å². The highest BCUT2D eigenvalue weighted by molar-refractivity contribution is 5.79. The van der Waals surface area contributed by atoms with Gasteiger partial charge in [-0.1, -0.05) is 89.7 Å². The molecule has 0 unspecified atom stereocenters. The lowest BCUT2D eigenvalue weighted by Crippen LogP contribution is -2.37. The normalized spacial score (nSPS) is 16.2. The van der Waals surface area contributed by atoms with Gasteiger partial charge < -0.3 is 14.9 Å². The Bertz CT molecular complexity index is 389. The van der Waals surface area contributed by atoms with Crippen LogP contribution in [0.1, 0.15) is 96.8 Å². The maximum Gasteiger partial charge on any atom is 0.188 e. The van der Waals surface area contributed by atoms with Crippen LogP contribution in [0.5, 0.6) is 0 Å². The molecule has 2 N–H and O–H groups in total. The number of hydrogen-bond acceptors (Lipinski definition) is 4. The fourth-order valence-corrected chi connectivity index (χ4v) is 3.27. The third-order valence-electron chi connectivity index (χ3n) is 5.14. The molecule has 0 bridgehead atoms. The molecule has 0 atom stereocenters. The summed E-state index contributed by atoms with van der Waals surface area (Å²) < 4.78 is 5.45. The predicted molar refractivity (Wildman–Crippen MR) is 110 cm³/mol. The van der Waals surface area contributed by atoms with E-state index >= 15 is 0 Å². The van der Waals surface area contributed by atoms with Crippen molar-refractivity contribution in [3.05, 3.63) is 12.2 Å². The van der Waals surface area contributed by atoms with Crippen molar-refractivity contribution >= 4 is 5.90 Å². The number of unbranched alkanes of at least 4 members (excludes halogenated alkanes) is 12. The third-order valence-corrected chi connectivity index (χ3v) is 5.14. The molecule has 0 saturated heterocycles. The molecule has 1 aliphatic heterocycles. The Morgan fingerprint density at radius 1 is 0.846 bits per heavy atom. The van der Waals surface area contributed by atoms with Crippen molar-refractivity contribution < 1.29 is 14.9 Å². The van der Waals surface area contributed by atoms with Crippen molar-refractivity contribution in [2.45, 2.75) is 102 Å². The number of ether oxygens (including phenoxy) is 1. The number of hydrogen-bond donors (Lipinski definition) is 2. The number of nitrogens with zero attached hydrogens (tertiary/aromatic N) is 1. The van der Waals surface area contributed by atoms with Gasteiger partial charge in [0.15, 0.2) is 5.90 Å². The Kier molecular flexibility index (Phi) is 13.6. The summed E-state index contributed by atoms with van der Waals surface area (Å²) >= 11 is 0. The van der Waals surface area contributed by atoms with Gasteiger partial charge in [-0.15, -0.1) is 0 Å². The lowest BCUT2D eigenvalue weighted by atomic mass is 10.0. The molecule has 0 amide bonds. The lowest BCUT2D eigenvalue weighted by molar-refractivity contribution is 0.0974. The number of aliphatic hydroxyl groups is 2. The average molecular weight is 368 g/mol. The maximum atomic E-state index is 9.27. The average Bonchev–Trinajstić information content (AvgIpc) is 3.09. The first-order chi connectivity index (χ1) is 12.8. The lowest BCUT2D eigenvalue weighted by Gasteiger charge is -2.16. The van der Waals surface area contributed by atoms with Crippen LogP contribution in [0, 0.1) is 0 Å². The van der Waals surface area contributed by atoms with Gasteiger partial charge in [0.25, 0.3) is 0 Å². The van der Waals surface area contributed by atoms with Crippen molar-refractivity contribution in [3.8, 4) is 0 Å². The Hall–Kier alpha value is -0.870. The molecule has 1 rings (SSSR count). The Morgan fingerprint density at radius 3 is 1.88 bits per heavy atom. The van der Waals surface area contributed by atoms with Crippen LogP contribution in [0.3, 0.4) is 0 Å². The zero-order valence-corrected chi connectivity index (χ0v) is 16.9. The van der Waals surface area contributed by atoms with Crippen LogP contribution in [0.2, 0.25) is 0 Å². The second kappa shape index (κ2) is 15.2. The fraction of sp³-hybridized carbons (Fsp3) is 0.864. The molecule has 0 saturated carbocycles. The van der Waals surface area contributed by atoms with Crippen LogP contribution in [0.15, 0.2) is 17.1 Å². The van der Waals surface area contributed by atoms with Gasteiger partial charge >= 0.3 is 0 Å². The zero-order valence-electron chi connectivity index (χ0n) is 16.9. The standard InChI is InChI=1S/C22H41NO3/c1-2-3-4-5-6-7-8-9-10-11-12-13-14-15-16-17-21-23-22(18-24,19-25)20-26-21/h15-16,24-25H,2-14,17-20H2,1H3/b16-15+. The van der Waals surface area contributed by atoms with Gasteiger partial charge in [0, 0.05) is 6.42 Å². The summed E-state index contributed by atoms with van der Waals surface area (Å²) in [5.41, 5.74) is -0.821. The molecule has 0 aromatic carbocycles. The number of aliphatic hydroxyl groups excluding tert-OH is 2. The highest BCUT2D eigenvalue weighted by Gasteiger charge is 2.34. The summed E-state index contributed by atoms with van der Waals surface area (Å²) in [5.74, 6) is 0.624. The molecule has 0 radical (unpaired) electrons. The van der Waals surface area contributed by atoms with Crippen LogP contribution < -0.4 is 0 Å². The first kappa shape index (κ1) is 23.2. The maximum absolute atomic E-state index is 9.27. The largest absolute Gasteiger partial charge is 0.478 e. The Morgan fingerprint density at radius 2 is 1.38 bits per heavy atom. The molecule has 1 aliphatic rings. The summed E-state index contributed by atoms with van der Waals surface area (Å²) in [6.45, 7) is 2.21. The molecule has 0 fully saturated rings. The van der Waals surface area contributed by atoms with E-state index in [-0.39, 0.29) is 19.8 Å². The third kappa shape index (κ3) is 10.3. The SMILES string of the molecule is CCCCCCCCCCCCCC/C=C/CC1=NC(CO)(CO)CO1. The molecule has 0 aromatic rings. The molecular weight excluding hydrogens is 326 g/mol. The number of rotatable bonds is 17. The van der Waals surface area contributed by atoms with Crippen molar-refractivity contribution in [2.24, 2.45) is 4.99 Å². The van der Waals surface area contributed by atoms with E-state index in [1.807, 2.05) is 0 Å². The molecular formula is C22H41NO3. The molecule has 4 nitrogen and oxygen atoms in total. The van der Waals surface area contributed by atoms with E-state index in [4.69, 9.17) is 4.74 Å². The highest BCUT2D eigenvalue weighted by Crippen LogP contribution is 2.19. The summed E-state index contributed by atoms with van der Waals surface area (Å²) in [4.78, 5) is 4.30. The molecule has 152 valence electrons. The summed E-state index contributed by atoms with van der Waals surface area (Å²) in [6, 6.07) is 0. The molecule has 4 heteroatoms. The van der Waals surface area contributed by atoms with Crippen LogP contribution in [0.25, 0.3) is 0 Å². The highest BCUT2D eigenvalue weighted by atomic mass is 16.5. The van der Waals surface area contributed by atoms with Crippen molar-refractivity contribution in [1.82, 2.24) is 0 Å². The second-order valence-corrected chi connectivity index (χ2v) is 7.69. The van der Waals surface area contributed by atoms with Crippen LogP contribution in [-0.2, 0) is 4.74 Å². The smallest absolute Gasteiger partial charge is 0.188 e. The fourth-order valence-electron chi connectivity index (χ4n) is 3.27. The summed E-state index contributed by atoms with van der Waals surface area (Å²) in [7, 11) is 0. The van der Waals surface area contributed by atoms with Gasteiger partial charge in [-0.25, -0.2) is 4.99 Å². The van der Waals surface area contributed by atoms with E-state index in [1.165, 1.54) is 77.0 Å². The van der Waals surface area contributed by atoms with Crippen LogP contribution in [0.4, 0.5) is 0 Å². The monoisotopic (exact) mass is 367 g/mol. The van der Waals surface area contributed by atoms with Gasteiger partial charge in [-0.05, 0) is 12.8 Å². The van der Waals surface area contributed by atoms with E-state index < -0.39 is 5.54 Å². The van der Waals surface area contributed by atoms with E-state index in [0.29, 0.717) is 12.3 Å². The first-order valence-corrected chi connectivity index (χ1v) is 10.8. The summed E-state index contributed by atoms with van der Waals surface area (Å²) in [5, 5.41) is 18.5. The Balaban J connectivity index is 1.88. The van der Waals surface area contributed by atoms with Crippen LogP contribution in [-0.4, -0.2) is 41.5 Å². The number of aliphatic imine (C=N–C) groups is 1. The van der Waals surface area contributed by atoms with Crippen molar-refractivity contribution in [1.29, 1.82) is 0 Å². The van der Waals surface area contributed by atoms with E-state index in [1.54, 1.807) is 0 Å². The van der Waals surface area contributed by atoms with Gasteiger partial charge in [0.1, 0.15) is 12.1 Å². The Labute approximate surface area is 160 Å². The van der Waals surface area contributed by atoms with Crippen molar-refractivity contribution in [3.63, 3.8) is 0 Å². The van der Waals surface area contributed by atoms with Gasteiger partial charge in [0.2, 0.25) is 0 Å². The molecule has 0 aliphatic carbocycles. The molecule has 26 heavy (non-hydrogen) atoms. The first-order valence-electron chi connectivity index (χ1n) is 10.8. The minimum atomic E-state index is -0.821. The van der Waals surface area contributed by atoms with Gasteiger partial charge in [-0.3, -0.25) is 0 Å². The predicted octanol–water partition coefficient (Wildman–Crippen LogP) is 5.18. The van der Waals surface area contributed by atoms with E-state index in [0.717, 1.165) is 6.42 Å². The minimum absolute atomic E-state index is 0.171. The summed E-state index contributed by atoms with van der Waals surface area (Å²) in [6.07, 6.45) is 22.6. The second-order valence-electron chi connectivity index (χ2n) is 7.69. The van der Waals surface area contributed by atoms with E-state index in [2.05, 4.69) is 24.1 Å². The van der Waals surface area contributed by atoms with Crippen LogP contribution >= 0.6 is 0 Å².